The maximum absolute atomic E-state index is 8.92. The van der Waals surface area contributed by atoms with Crippen molar-refractivity contribution >= 4 is 0 Å². The van der Waals surface area contributed by atoms with Crippen molar-refractivity contribution in [3.8, 4) is 6.07 Å². The first kappa shape index (κ1) is 19.4. The minimum Gasteiger partial charge on any atom is -0.311 e. The first-order valence-corrected chi connectivity index (χ1v) is 10.4. The van der Waals surface area contributed by atoms with Crippen molar-refractivity contribution < 1.29 is 0 Å². The summed E-state index contributed by atoms with van der Waals surface area (Å²) >= 11 is 0. The molecule has 1 saturated heterocycles. The summed E-state index contributed by atoms with van der Waals surface area (Å²) < 4.78 is 0. The van der Waals surface area contributed by atoms with Gasteiger partial charge in [0.05, 0.1) is 11.6 Å². The van der Waals surface area contributed by atoms with Crippen LogP contribution in [0.15, 0.2) is 84.9 Å². The van der Waals surface area contributed by atoms with Crippen molar-refractivity contribution in [2.45, 2.75) is 37.4 Å². The molecule has 2 N–H and O–H groups in total. The van der Waals surface area contributed by atoms with Crippen LogP contribution in [0.1, 0.15) is 41.0 Å². The molecule has 3 heteroatoms. The molecule has 0 bridgehead atoms. The van der Waals surface area contributed by atoms with E-state index in [1.54, 1.807) is 0 Å². The Labute approximate surface area is 173 Å². The van der Waals surface area contributed by atoms with Crippen LogP contribution in [-0.2, 0) is 6.54 Å². The molecule has 0 amide bonds. The Hall–Kier alpha value is -2.93. The van der Waals surface area contributed by atoms with Gasteiger partial charge in [-0.2, -0.15) is 5.26 Å². The summed E-state index contributed by atoms with van der Waals surface area (Å²) in [7, 11) is 0. The van der Waals surface area contributed by atoms with Crippen molar-refractivity contribution in [1.82, 2.24) is 10.6 Å². The van der Waals surface area contributed by atoms with Gasteiger partial charge in [-0.05, 0) is 41.7 Å². The fourth-order valence-corrected chi connectivity index (χ4v) is 4.27. The zero-order valence-electron chi connectivity index (χ0n) is 16.6. The number of nitriles is 1. The van der Waals surface area contributed by atoms with E-state index >= 15 is 0 Å². The minimum atomic E-state index is 0.372. The molecule has 1 aliphatic heterocycles. The second kappa shape index (κ2) is 9.52. The Morgan fingerprint density at radius 3 is 2.00 bits per heavy atom. The van der Waals surface area contributed by atoms with E-state index in [4.69, 9.17) is 5.26 Å². The predicted octanol–water partition coefficient (Wildman–Crippen LogP) is 4.60. The van der Waals surface area contributed by atoms with Gasteiger partial charge in [-0.1, -0.05) is 72.8 Å². The maximum atomic E-state index is 8.92. The number of nitrogens with zero attached hydrogens (tertiary/aromatic N) is 1. The predicted molar refractivity (Wildman–Crippen MR) is 118 cm³/mol. The molecule has 1 heterocycles. The molecule has 0 aliphatic carbocycles. The Morgan fingerprint density at radius 2 is 1.48 bits per heavy atom. The Morgan fingerprint density at radius 1 is 0.862 bits per heavy atom. The van der Waals surface area contributed by atoms with Gasteiger partial charge in [0.1, 0.15) is 0 Å². The molecule has 146 valence electrons. The van der Waals surface area contributed by atoms with Crippen molar-refractivity contribution in [3.63, 3.8) is 0 Å². The lowest BCUT2D eigenvalue weighted by Gasteiger charge is -2.36. The molecule has 3 nitrogen and oxygen atoms in total. The van der Waals surface area contributed by atoms with Gasteiger partial charge >= 0.3 is 0 Å². The summed E-state index contributed by atoms with van der Waals surface area (Å²) in [5, 5.41) is 16.4. The van der Waals surface area contributed by atoms with Gasteiger partial charge in [-0.3, -0.25) is 0 Å². The smallest absolute Gasteiger partial charge is 0.0991 e. The third-order valence-corrected chi connectivity index (χ3v) is 5.85. The van der Waals surface area contributed by atoms with Crippen LogP contribution in [0, 0.1) is 11.3 Å². The molecule has 0 unspecified atom stereocenters. The van der Waals surface area contributed by atoms with E-state index < -0.39 is 0 Å². The summed E-state index contributed by atoms with van der Waals surface area (Å²) in [5.74, 6) is 0.372. The van der Waals surface area contributed by atoms with Crippen LogP contribution in [0.5, 0.6) is 0 Å². The maximum Gasteiger partial charge on any atom is 0.0991 e. The van der Waals surface area contributed by atoms with Crippen molar-refractivity contribution in [3.05, 3.63) is 107 Å². The summed E-state index contributed by atoms with van der Waals surface area (Å²) in [6, 6.07) is 32.6. The Balaban J connectivity index is 1.38. The van der Waals surface area contributed by atoms with Gasteiger partial charge < -0.3 is 10.6 Å². The van der Waals surface area contributed by atoms with Crippen LogP contribution in [0.25, 0.3) is 0 Å². The lowest BCUT2D eigenvalue weighted by molar-refractivity contribution is 0.307. The third-order valence-electron chi connectivity index (χ3n) is 5.85. The van der Waals surface area contributed by atoms with E-state index in [-0.39, 0.29) is 0 Å². The van der Waals surface area contributed by atoms with E-state index in [0.29, 0.717) is 23.6 Å². The molecule has 0 radical (unpaired) electrons. The quantitative estimate of drug-likeness (QED) is 0.656. The zero-order chi connectivity index (χ0) is 19.9. The topological polar surface area (TPSA) is 47.9 Å². The van der Waals surface area contributed by atoms with E-state index in [2.05, 4.69) is 77.4 Å². The van der Waals surface area contributed by atoms with Crippen LogP contribution < -0.4 is 10.6 Å². The normalized spacial score (nSPS) is 19.0. The third kappa shape index (κ3) is 4.92. The lowest BCUT2D eigenvalue weighted by atomic mass is 9.81. The lowest BCUT2D eigenvalue weighted by Crippen LogP contribution is -2.49. The largest absolute Gasteiger partial charge is 0.311 e. The second-order valence-corrected chi connectivity index (χ2v) is 7.78. The van der Waals surface area contributed by atoms with Crippen molar-refractivity contribution in [2.24, 2.45) is 0 Å². The average molecular weight is 382 g/mol. The summed E-state index contributed by atoms with van der Waals surface area (Å²) in [5.41, 5.74) is 4.68. The van der Waals surface area contributed by atoms with Gasteiger partial charge in [0.25, 0.3) is 0 Å². The molecule has 0 saturated carbocycles. The van der Waals surface area contributed by atoms with Gasteiger partial charge in [-0.15, -0.1) is 0 Å². The van der Waals surface area contributed by atoms with E-state index in [0.717, 1.165) is 25.9 Å². The van der Waals surface area contributed by atoms with Crippen LogP contribution in [0.4, 0.5) is 0 Å². The van der Waals surface area contributed by atoms with Crippen molar-refractivity contribution in [1.29, 1.82) is 5.26 Å². The second-order valence-electron chi connectivity index (χ2n) is 7.78. The van der Waals surface area contributed by atoms with E-state index in [9.17, 15) is 0 Å². The molecular weight excluding hydrogens is 354 g/mol. The van der Waals surface area contributed by atoms with Gasteiger partial charge in [0, 0.05) is 31.1 Å². The molecule has 3 aromatic carbocycles. The fourth-order valence-electron chi connectivity index (χ4n) is 4.27. The van der Waals surface area contributed by atoms with Gasteiger partial charge in [0.15, 0.2) is 0 Å². The summed E-state index contributed by atoms with van der Waals surface area (Å²) in [6.45, 7) is 1.81. The Kier molecular flexibility index (Phi) is 6.36. The molecule has 29 heavy (non-hydrogen) atoms. The zero-order valence-corrected chi connectivity index (χ0v) is 16.6. The number of benzene rings is 3. The molecule has 0 spiro atoms. The first-order valence-electron chi connectivity index (χ1n) is 10.4. The monoisotopic (exact) mass is 381 g/mol. The first-order chi connectivity index (χ1) is 14.3. The highest BCUT2D eigenvalue weighted by molar-refractivity contribution is 5.35. The van der Waals surface area contributed by atoms with E-state index in [1.165, 1.54) is 16.7 Å². The molecule has 3 aromatic rings. The molecular formula is C26H27N3. The van der Waals surface area contributed by atoms with Crippen LogP contribution in [-0.4, -0.2) is 18.6 Å². The Bertz CT molecular complexity index is 882. The van der Waals surface area contributed by atoms with Crippen molar-refractivity contribution in [2.75, 3.05) is 6.54 Å². The SMILES string of the molecule is N#Cc1ccc(CN[C@@H]2CC[C@H](C(c3ccccc3)c3ccccc3)NC2)cc1. The minimum absolute atomic E-state index is 0.372. The molecule has 1 fully saturated rings. The number of rotatable bonds is 6. The number of piperidine rings is 1. The molecule has 2 atom stereocenters. The molecule has 0 aromatic heterocycles. The van der Waals surface area contributed by atoms with Crippen LogP contribution in [0.3, 0.4) is 0 Å². The fraction of sp³-hybridized carbons (Fsp3) is 0.269. The van der Waals surface area contributed by atoms with Crippen LogP contribution >= 0.6 is 0 Å². The highest BCUT2D eigenvalue weighted by Crippen LogP contribution is 2.31. The average Bonchev–Trinajstić information content (AvgIpc) is 2.80. The standard InChI is InChI=1S/C26H27N3/c27-17-20-11-13-21(14-12-20)18-28-24-15-16-25(29-19-24)26(22-7-3-1-4-8-22)23-9-5-2-6-10-23/h1-14,24-26,28-29H,15-16,18-19H2/t24-,25-/m1/s1. The number of hydrogen-bond donors (Lipinski definition) is 2. The van der Waals surface area contributed by atoms with Gasteiger partial charge in [-0.25, -0.2) is 0 Å². The number of nitrogens with one attached hydrogen (secondary N) is 2. The van der Waals surface area contributed by atoms with Crippen LogP contribution in [0.2, 0.25) is 0 Å². The van der Waals surface area contributed by atoms with Gasteiger partial charge in [0.2, 0.25) is 0 Å². The summed E-state index contributed by atoms with van der Waals surface area (Å²) in [6.07, 6.45) is 2.30. The highest BCUT2D eigenvalue weighted by atomic mass is 15.0. The molecule has 4 rings (SSSR count). The number of hydrogen-bond acceptors (Lipinski definition) is 3. The summed E-state index contributed by atoms with van der Waals surface area (Å²) in [4.78, 5) is 0. The van der Waals surface area contributed by atoms with E-state index in [1.807, 2.05) is 24.3 Å². The molecule has 1 aliphatic rings. The highest BCUT2D eigenvalue weighted by Gasteiger charge is 2.29.